The van der Waals surface area contributed by atoms with Gasteiger partial charge in [0.05, 0.1) is 23.0 Å². The van der Waals surface area contributed by atoms with Crippen LogP contribution in [-0.4, -0.2) is 16.8 Å². The molecule has 0 saturated heterocycles. The third-order valence-electron chi connectivity index (χ3n) is 3.16. The Morgan fingerprint density at radius 1 is 1.35 bits per heavy atom. The second-order valence-corrected chi connectivity index (χ2v) is 4.79. The molecule has 0 aromatic carbocycles. The number of unbranched alkanes of at least 4 members (excludes halogenated alkanes) is 3. The normalized spacial score (nSPS) is 12.9. The molecule has 3 nitrogen and oxygen atoms in total. The van der Waals surface area contributed by atoms with Gasteiger partial charge in [-0.25, -0.2) is 0 Å². The van der Waals surface area contributed by atoms with Crippen LogP contribution in [0.4, 0.5) is 0 Å². The van der Waals surface area contributed by atoms with Crippen molar-refractivity contribution in [3.63, 3.8) is 0 Å². The Bertz CT molecular complexity index is 322. The summed E-state index contributed by atoms with van der Waals surface area (Å²) >= 11 is 6.21. The van der Waals surface area contributed by atoms with Crippen molar-refractivity contribution in [1.29, 1.82) is 0 Å². The van der Waals surface area contributed by atoms with Gasteiger partial charge >= 0.3 is 0 Å². The van der Waals surface area contributed by atoms with E-state index in [9.17, 15) is 0 Å². The van der Waals surface area contributed by atoms with Gasteiger partial charge in [0, 0.05) is 6.54 Å². The summed E-state index contributed by atoms with van der Waals surface area (Å²) in [5, 5.41) is 8.42. The van der Waals surface area contributed by atoms with Crippen molar-refractivity contribution in [3.8, 4) is 0 Å². The first-order valence-electron chi connectivity index (χ1n) is 6.63. The van der Waals surface area contributed by atoms with Crippen molar-refractivity contribution in [2.45, 2.75) is 58.5 Å². The van der Waals surface area contributed by atoms with Crippen LogP contribution in [0.15, 0.2) is 6.20 Å². The van der Waals surface area contributed by atoms with E-state index in [1.54, 1.807) is 6.20 Å². The molecule has 1 heterocycles. The first kappa shape index (κ1) is 14.5. The third kappa shape index (κ3) is 4.00. The molecule has 0 aliphatic carbocycles. The fourth-order valence-electron chi connectivity index (χ4n) is 2.16. The maximum absolute atomic E-state index is 6.21. The fourth-order valence-corrected chi connectivity index (χ4v) is 2.44. The lowest BCUT2D eigenvalue weighted by molar-refractivity contribution is 0.464. The number of nitrogens with zero attached hydrogens (tertiary/aromatic N) is 2. The Morgan fingerprint density at radius 3 is 2.71 bits per heavy atom. The van der Waals surface area contributed by atoms with E-state index in [0.717, 1.165) is 23.7 Å². The molecule has 0 fully saturated rings. The minimum atomic E-state index is 0.321. The fraction of sp³-hybridized carbons (Fsp3) is 0.769. The molecule has 0 saturated carbocycles. The molecule has 1 rings (SSSR count). The number of nitrogens with one attached hydrogen (secondary N) is 1. The van der Waals surface area contributed by atoms with E-state index in [1.165, 1.54) is 25.7 Å². The number of hydrogen-bond donors (Lipinski definition) is 1. The van der Waals surface area contributed by atoms with Crippen LogP contribution in [-0.2, 0) is 6.54 Å². The average molecular weight is 258 g/mol. The SMILES string of the molecule is CCCCCCC(NC)c1c(Cl)cnn1CC. The van der Waals surface area contributed by atoms with E-state index >= 15 is 0 Å². The quantitative estimate of drug-likeness (QED) is 0.718. The Balaban J connectivity index is 2.62. The Hall–Kier alpha value is -0.540. The van der Waals surface area contributed by atoms with Gasteiger partial charge in [0.25, 0.3) is 0 Å². The molecule has 0 amide bonds. The lowest BCUT2D eigenvalue weighted by atomic mass is 10.0. The van der Waals surface area contributed by atoms with Crippen molar-refractivity contribution < 1.29 is 0 Å². The zero-order valence-electron chi connectivity index (χ0n) is 11.2. The molecule has 1 aromatic rings. The van der Waals surface area contributed by atoms with Crippen molar-refractivity contribution in [3.05, 3.63) is 16.9 Å². The lowest BCUT2D eigenvalue weighted by Crippen LogP contribution is -2.20. The molecule has 98 valence electrons. The van der Waals surface area contributed by atoms with E-state index in [2.05, 4.69) is 24.3 Å². The molecule has 0 bridgehead atoms. The number of halogens is 1. The molecule has 17 heavy (non-hydrogen) atoms. The maximum atomic E-state index is 6.21. The van der Waals surface area contributed by atoms with Gasteiger partial charge in [0.2, 0.25) is 0 Å². The summed E-state index contributed by atoms with van der Waals surface area (Å²) in [6.07, 6.45) is 8.00. The second kappa shape index (κ2) is 7.72. The van der Waals surface area contributed by atoms with Crippen molar-refractivity contribution in [2.24, 2.45) is 0 Å². The monoisotopic (exact) mass is 257 g/mol. The van der Waals surface area contributed by atoms with E-state index < -0.39 is 0 Å². The predicted molar refractivity (Wildman–Crippen MR) is 73.5 cm³/mol. The second-order valence-electron chi connectivity index (χ2n) is 4.38. The first-order chi connectivity index (χ1) is 8.24. The summed E-state index contributed by atoms with van der Waals surface area (Å²) in [5.74, 6) is 0. The van der Waals surface area contributed by atoms with Gasteiger partial charge in [-0.2, -0.15) is 5.10 Å². The molecule has 1 unspecified atom stereocenters. The summed E-state index contributed by atoms with van der Waals surface area (Å²) in [4.78, 5) is 0. The molecule has 1 N–H and O–H groups in total. The Labute approximate surface area is 110 Å². The van der Waals surface area contributed by atoms with E-state index in [0.29, 0.717) is 6.04 Å². The third-order valence-corrected chi connectivity index (χ3v) is 3.45. The van der Waals surface area contributed by atoms with Crippen LogP contribution in [0.1, 0.15) is 57.7 Å². The van der Waals surface area contributed by atoms with Crippen molar-refractivity contribution >= 4 is 11.6 Å². The van der Waals surface area contributed by atoms with E-state index in [-0.39, 0.29) is 0 Å². The summed E-state index contributed by atoms with van der Waals surface area (Å²) in [6.45, 7) is 5.20. The average Bonchev–Trinajstić information content (AvgIpc) is 2.71. The van der Waals surface area contributed by atoms with Crippen LogP contribution in [0.2, 0.25) is 5.02 Å². The number of hydrogen-bond acceptors (Lipinski definition) is 2. The summed E-state index contributed by atoms with van der Waals surface area (Å²) in [7, 11) is 1.99. The van der Waals surface area contributed by atoms with Crippen LogP contribution >= 0.6 is 11.6 Å². The van der Waals surface area contributed by atoms with Gasteiger partial charge in [-0.3, -0.25) is 4.68 Å². The molecule has 1 atom stereocenters. The van der Waals surface area contributed by atoms with Gasteiger partial charge in [0.15, 0.2) is 0 Å². The standard InChI is InChI=1S/C13H24ClN3/c1-4-6-7-8-9-12(15-3)13-11(14)10-16-17(13)5-2/h10,12,15H,4-9H2,1-3H3. The number of aryl methyl sites for hydroxylation is 1. The van der Waals surface area contributed by atoms with Crippen LogP contribution in [0.25, 0.3) is 0 Å². The molecule has 0 aliphatic heterocycles. The van der Waals surface area contributed by atoms with Crippen LogP contribution in [0.3, 0.4) is 0 Å². The smallest absolute Gasteiger partial charge is 0.0834 e. The maximum Gasteiger partial charge on any atom is 0.0834 e. The first-order valence-corrected chi connectivity index (χ1v) is 7.00. The molecular weight excluding hydrogens is 234 g/mol. The predicted octanol–water partition coefficient (Wildman–Crippen LogP) is 3.79. The topological polar surface area (TPSA) is 29.9 Å². The zero-order valence-corrected chi connectivity index (χ0v) is 11.9. The molecule has 1 aromatic heterocycles. The highest BCUT2D eigenvalue weighted by atomic mass is 35.5. The summed E-state index contributed by atoms with van der Waals surface area (Å²) in [5.41, 5.74) is 1.13. The highest BCUT2D eigenvalue weighted by molar-refractivity contribution is 6.31. The summed E-state index contributed by atoms with van der Waals surface area (Å²) < 4.78 is 1.99. The van der Waals surface area contributed by atoms with Crippen LogP contribution < -0.4 is 5.32 Å². The van der Waals surface area contributed by atoms with Crippen molar-refractivity contribution in [2.75, 3.05) is 7.05 Å². The number of aromatic nitrogens is 2. The lowest BCUT2D eigenvalue weighted by Gasteiger charge is -2.18. The minimum absolute atomic E-state index is 0.321. The van der Waals surface area contributed by atoms with Crippen LogP contribution in [0.5, 0.6) is 0 Å². The number of rotatable bonds is 8. The zero-order chi connectivity index (χ0) is 12.7. The molecule has 0 aliphatic rings. The Kier molecular flexibility index (Phi) is 6.60. The van der Waals surface area contributed by atoms with Crippen molar-refractivity contribution in [1.82, 2.24) is 15.1 Å². The van der Waals surface area contributed by atoms with E-state index in [4.69, 9.17) is 11.6 Å². The van der Waals surface area contributed by atoms with Crippen LogP contribution in [0, 0.1) is 0 Å². The van der Waals surface area contributed by atoms with Gasteiger partial charge < -0.3 is 5.32 Å². The highest BCUT2D eigenvalue weighted by Gasteiger charge is 2.17. The van der Waals surface area contributed by atoms with Gasteiger partial charge in [-0.15, -0.1) is 0 Å². The largest absolute Gasteiger partial charge is 0.312 e. The minimum Gasteiger partial charge on any atom is -0.312 e. The molecular formula is C13H24ClN3. The Morgan fingerprint density at radius 2 is 2.12 bits per heavy atom. The van der Waals surface area contributed by atoms with Gasteiger partial charge in [0.1, 0.15) is 0 Å². The molecule has 4 heteroatoms. The summed E-state index contributed by atoms with van der Waals surface area (Å²) in [6, 6.07) is 0.321. The molecule has 0 spiro atoms. The van der Waals surface area contributed by atoms with Gasteiger partial charge in [-0.1, -0.05) is 44.2 Å². The molecule has 0 radical (unpaired) electrons. The van der Waals surface area contributed by atoms with E-state index in [1.807, 2.05) is 11.7 Å². The highest BCUT2D eigenvalue weighted by Crippen LogP contribution is 2.26. The van der Waals surface area contributed by atoms with Gasteiger partial charge in [-0.05, 0) is 20.4 Å².